The highest BCUT2D eigenvalue weighted by Gasteiger charge is 2.11. The van der Waals surface area contributed by atoms with Gasteiger partial charge in [-0.3, -0.25) is 0 Å². The van der Waals surface area contributed by atoms with Crippen LogP contribution in [0.3, 0.4) is 0 Å². The van der Waals surface area contributed by atoms with Crippen LogP contribution in [0, 0.1) is 16.6 Å². The zero-order valence-corrected chi connectivity index (χ0v) is 15.8. The van der Waals surface area contributed by atoms with E-state index in [4.69, 9.17) is 22.7 Å². The highest BCUT2D eigenvalue weighted by atomic mass is 127. The van der Waals surface area contributed by atoms with Crippen LogP contribution < -0.4 is 10.5 Å². The summed E-state index contributed by atoms with van der Waals surface area (Å²) in [7, 11) is 0. The Balaban J connectivity index is 2.78. The molecule has 0 saturated heterocycles. The molecular weight excluding hydrogens is 563 g/mol. The number of hydrogen-bond donors (Lipinski definition) is 1. The van der Waals surface area contributed by atoms with Crippen LogP contribution in [0.15, 0.2) is 12.1 Å². The van der Waals surface area contributed by atoms with Crippen LogP contribution in [0.4, 0.5) is 0 Å². The van der Waals surface area contributed by atoms with Crippen LogP contribution >= 0.6 is 80.0 Å². The van der Waals surface area contributed by atoms with Gasteiger partial charge in [0.1, 0.15) is 5.75 Å². The highest BCUT2D eigenvalue weighted by Crippen LogP contribution is 2.29. The van der Waals surface area contributed by atoms with Crippen molar-refractivity contribution in [2.45, 2.75) is 6.92 Å². The Morgan fingerprint density at radius 1 is 1.38 bits per heavy atom. The fourth-order valence-electron chi connectivity index (χ4n) is 0.957. The van der Waals surface area contributed by atoms with Gasteiger partial charge in [-0.15, -0.1) is 0 Å². The molecule has 1 aromatic carbocycles. The summed E-state index contributed by atoms with van der Waals surface area (Å²) in [4.78, 5) is 0.496. The van der Waals surface area contributed by atoms with Crippen molar-refractivity contribution in [3.8, 4) is 5.75 Å². The first-order chi connectivity index (χ1) is 7.41. The summed E-state index contributed by atoms with van der Waals surface area (Å²) in [5.74, 6) is 1.02. The molecule has 2 N–H and O–H groups in total. The predicted molar refractivity (Wildman–Crippen MR) is 96.0 cm³/mol. The fraction of sp³-hybridized carbons (Fsp3) is 0.300. The van der Waals surface area contributed by atoms with Crippen molar-refractivity contribution in [2.24, 2.45) is 11.7 Å². The second kappa shape index (κ2) is 6.88. The quantitative estimate of drug-likeness (QED) is 0.440. The van der Waals surface area contributed by atoms with Gasteiger partial charge in [0.15, 0.2) is 0 Å². The van der Waals surface area contributed by atoms with Gasteiger partial charge in [0.25, 0.3) is 0 Å². The number of rotatable bonds is 4. The lowest BCUT2D eigenvalue weighted by atomic mass is 10.2. The molecule has 2 nitrogen and oxygen atoms in total. The van der Waals surface area contributed by atoms with E-state index in [-0.39, 0.29) is 5.92 Å². The van der Waals surface area contributed by atoms with Crippen molar-refractivity contribution in [1.82, 2.24) is 0 Å². The molecule has 6 heteroatoms. The molecule has 0 spiro atoms. The lowest BCUT2D eigenvalue weighted by Crippen LogP contribution is -2.24. The molecule has 1 atom stereocenters. The van der Waals surface area contributed by atoms with Crippen LogP contribution in [0.25, 0.3) is 0 Å². The molecule has 0 saturated carbocycles. The minimum Gasteiger partial charge on any atom is -0.491 e. The molecule has 0 aromatic heterocycles. The lowest BCUT2D eigenvalue weighted by molar-refractivity contribution is 0.289. The van der Waals surface area contributed by atoms with Gasteiger partial charge in [-0.2, -0.15) is 0 Å². The van der Waals surface area contributed by atoms with E-state index in [2.05, 4.69) is 79.9 Å². The van der Waals surface area contributed by atoms with Crippen molar-refractivity contribution in [3.05, 3.63) is 22.8 Å². The molecule has 1 rings (SSSR count). The van der Waals surface area contributed by atoms with Gasteiger partial charge in [-0.1, -0.05) is 19.1 Å². The van der Waals surface area contributed by atoms with Gasteiger partial charge in [0.2, 0.25) is 0 Å². The van der Waals surface area contributed by atoms with Gasteiger partial charge < -0.3 is 10.5 Å². The fourth-order valence-corrected chi connectivity index (χ4v) is 4.92. The maximum absolute atomic E-state index is 5.76. The van der Waals surface area contributed by atoms with E-state index in [1.54, 1.807) is 0 Å². The van der Waals surface area contributed by atoms with Gasteiger partial charge >= 0.3 is 0 Å². The topological polar surface area (TPSA) is 35.2 Å². The predicted octanol–water partition coefficient (Wildman–Crippen LogP) is 3.80. The SMILES string of the molecule is CC(COc1c(I)cc(I)cc1I)C(N)=S. The van der Waals surface area contributed by atoms with E-state index in [0.717, 1.165) is 12.9 Å². The average Bonchev–Trinajstić information content (AvgIpc) is 2.15. The third kappa shape index (κ3) is 4.41. The molecule has 16 heavy (non-hydrogen) atoms. The maximum atomic E-state index is 5.76. The minimum absolute atomic E-state index is 0.0980. The molecule has 1 aromatic rings. The second-order valence-electron chi connectivity index (χ2n) is 3.31. The molecule has 0 fully saturated rings. The van der Waals surface area contributed by atoms with Crippen LogP contribution in [0.5, 0.6) is 5.75 Å². The molecule has 0 aliphatic carbocycles. The first kappa shape index (κ1) is 15.2. The van der Waals surface area contributed by atoms with Crippen molar-refractivity contribution in [2.75, 3.05) is 6.61 Å². The number of ether oxygens (including phenoxy) is 1. The van der Waals surface area contributed by atoms with E-state index in [1.165, 1.54) is 3.57 Å². The molecule has 0 radical (unpaired) electrons. The average molecular weight is 573 g/mol. The van der Waals surface area contributed by atoms with Gasteiger partial charge in [-0.05, 0) is 79.9 Å². The zero-order chi connectivity index (χ0) is 12.3. The number of halogens is 3. The van der Waals surface area contributed by atoms with E-state index in [0.29, 0.717) is 11.6 Å². The molecule has 1 unspecified atom stereocenters. The van der Waals surface area contributed by atoms with Crippen LogP contribution in [0.2, 0.25) is 0 Å². The largest absolute Gasteiger partial charge is 0.491 e. The van der Waals surface area contributed by atoms with Gasteiger partial charge in [0, 0.05) is 9.49 Å². The molecule has 0 aliphatic rings. The molecular formula is C10H10I3NOS. The van der Waals surface area contributed by atoms with E-state index in [9.17, 15) is 0 Å². The Kier molecular flexibility index (Phi) is 6.52. The second-order valence-corrected chi connectivity index (χ2v) is 7.35. The summed E-state index contributed by atoms with van der Waals surface area (Å²) in [6.07, 6.45) is 0. The molecule has 0 heterocycles. The summed E-state index contributed by atoms with van der Waals surface area (Å²) < 4.78 is 9.20. The highest BCUT2D eigenvalue weighted by molar-refractivity contribution is 14.1. The first-order valence-electron chi connectivity index (χ1n) is 4.48. The Morgan fingerprint density at radius 2 is 1.88 bits per heavy atom. The minimum atomic E-state index is 0.0980. The lowest BCUT2D eigenvalue weighted by Gasteiger charge is -2.14. The van der Waals surface area contributed by atoms with Gasteiger partial charge in [0.05, 0.1) is 18.7 Å². The Bertz CT molecular complexity index is 388. The van der Waals surface area contributed by atoms with Crippen LogP contribution in [-0.4, -0.2) is 11.6 Å². The third-order valence-electron chi connectivity index (χ3n) is 1.93. The Labute approximate surface area is 141 Å². The molecule has 0 amide bonds. The Morgan fingerprint density at radius 3 is 2.31 bits per heavy atom. The molecule has 88 valence electrons. The molecule has 0 aliphatic heterocycles. The van der Waals surface area contributed by atoms with Gasteiger partial charge in [-0.25, -0.2) is 0 Å². The Hall–Kier alpha value is 1.10. The monoisotopic (exact) mass is 573 g/mol. The van der Waals surface area contributed by atoms with Crippen molar-refractivity contribution in [1.29, 1.82) is 0 Å². The summed E-state index contributed by atoms with van der Waals surface area (Å²) in [5, 5.41) is 0. The van der Waals surface area contributed by atoms with Crippen LogP contribution in [-0.2, 0) is 0 Å². The zero-order valence-electron chi connectivity index (χ0n) is 8.47. The third-order valence-corrected chi connectivity index (χ3v) is 4.55. The van der Waals surface area contributed by atoms with E-state index in [1.807, 2.05) is 6.92 Å². The first-order valence-corrected chi connectivity index (χ1v) is 8.13. The van der Waals surface area contributed by atoms with Crippen molar-refractivity contribution >= 4 is 85.0 Å². The number of benzene rings is 1. The normalized spacial score (nSPS) is 12.2. The van der Waals surface area contributed by atoms with E-state index < -0.39 is 0 Å². The number of thiocarbonyl (C=S) groups is 1. The number of hydrogen-bond acceptors (Lipinski definition) is 2. The van der Waals surface area contributed by atoms with Crippen molar-refractivity contribution in [3.63, 3.8) is 0 Å². The maximum Gasteiger partial charge on any atom is 0.146 e. The summed E-state index contributed by atoms with van der Waals surface area (Å²) >= 11 is 11.8. The number of nitrogens with two attached hydrogens (primary N) is 1. The summed E-state index contributed by atoms with van der Waals surface area (Å²) in [6, 6.07) is 4.17. The van der Waals surface area contributed by atoms with Crippen molar-refractivity contribution < 1.29 is 4.74 Å². The summed E-state index contributed by atoms with van der Waals surface area (Å²) in [6.45, 7) is 2.50. The molecule has 0 bridgehead atoms. The van der Waals surface area contributed by atoms with Crippen LogP contribution in [0.1, 0.15) is 6.92 Å². The summed E-state index contributed by atoms with van der Waals surface area (Å²) in [5.41, 5.74) is 5.55. The smallest absolute Gasteiger partial charge is 0.146 e. The standard InChI is InChI=1S/C10H10I3NOS/c1-5(10(14)16)4-15-9-7(12)2-6(11)3-8(9)13/h2-3,5H,4H2,1H3,(H2,14,16). The van der Waals surface area contributed by atoms with E-state index >= 15 is 0 Å².